The fourth-order valence-corrected chi connectivity index (χ4v) is 3.41. The third kappa shape index (κ3) is 4.35. The largest absolute Gasteiger partial charge is 0.322 e. The second kappa shape index (κ2) is 7.63. The van der Waals surface area contributed by atoms with Crippen LogP contribution in [0.25, 0.3) is 0 Å². The van der Waals surface area contributed by atoms with E-state index in [1.807, 2.05) is 30.5 Å². The van der Waals surface area contributed by atoms with Crippen molar-refractivity contribution in [1.82, 2.24) is 0 Å². The number of benzene rings is 2. The molecule has 0 saturated carbocycles. The summed E-state index contributed by atoms with van der Waals surface area (Å²) in [4.78, 5) is 25.0. The molecule has 0 saturated heterocycles. The average Bonchev–Trinajstić information content (AvgIpc) is 3.11. The van der Waals surface area contributed by atoms with Crippen molar-refractivity contribution < 1.29 is 9.59 Å². The molecule has 126 valence electrons. The first-order valence-electron chi connectivity index (χ1n) is 7.55. The zero-order valence-electron chi connectivity index (χ0n) is 13.4. The van der Waals surface area contributed by atoms with E-state index in [4.69, 9.17) is 0 Å². The summed E-state index contributed by atoms with van der Waals surface area (Å²) in [6.07, 6.45) is 0. The maximum absolute atomic E-state index is 12.4. The number of carbonyl (C=O) groups is 2. The van der Waals surface area contributed by atoms with Crippen molar-refractivity contribution in [1.29, 1.82) is 0 Å². The Morgan fingerprint density at radius 1 is 0.920 bits per heavy atom. The minimum Gasteiger partial charge on any atom is -0.322 e. The zero-order chi connectivity index (χ0) is 17.8. The van der Waals surface area contributed by atoms with Crippen LogP contribution in [0.3, 0.4) is 0 Å². The molecule has 2 amide bonds. The van der Waals surface area contributed by atoms with E-state index in [1.165, 1.54) is 11.3 Å². The van der Waals surface area contributed by atoms with Crippen molar-refractivity contribution >= 4 is 50.5 Å². The van der Waals surface area contributed by atoms with Crippen molar-refractivity contribution in [2.45, 2.75) is 6.92 Å². The van der Waals surface area contributed by atoms with E-state index in [0.29, 0.717) is 21.8 Å². The first kappa shape index (κ1) is 17.4. The van der Waals surface area contributed by atoms with Gasteiger partial charge in [-0.25, -0.2) is 0 Å². The standard InChI is InChI=1S/C19H15BrN2O2S/c1-12-11-13(20)4-9-16(12)18(23)21-14-5-7-15(8-6-14)22-19(24)17-3-2-10-25-17/h2-11H,1H3,(H,21,23)(H,22,24). The van der Waals surface area contributed by atoms with E-state index in [0.717, 1.165) is 10.0 Å². The molecule has 2 aromatic carbocycles. The van der Waals surface area contributed by atoms with E-state index < -0.39 is 0 Å². The number of hydrogen-bond acceptors (Lipinski definition) is 3. The fourth-order valence-electron chi connectivity index (χ4n) is 2.32. The van der Waals surface area contributed by atoms with Crippen LogP contribution >= 0.6 is 27.3 Å². The maximum Gasteiger partial charge on any atom is 0.265 e. The number of amides is 2. The van der Waals surface area contributed by atoms with Crippen LogP contribution in [-0.4, -0.2) is 11.8 Å². The Balaban J connectivity index is 1.66. The lowest BCUT2D eigenvalue weighted by molar-refractivity contribution is 0.101. The lowest BCUT2D eigenvalue weighted by Crippen LogP contribution is -2.13. The van der Waals surface area contributed by atoms with Crippen LogP contribution in [0.4, 0.5) is 11.4 Å². The van der Waals surface area contributed by atoms with Crippen LogP contribution in [0, 0.1) is 6.92 Å². The van der Waals surface area contributed by atoms with Crippen LogP contribution in [-0.2, 0) is 0 Å². The first-order chi connectivity index (χ1) is 12.0. The van der Waals surface area contributed by atoms with Gasteiger partial charge in [0.25, 0.3) is 11.8 Å². The molecule has 0 unspecified atom stereocenters. The summed E-state index contributed by atoms with van der Waals surface area (Å²) in [6, 6.07) is 16.2. The molecule has 0 bridgehead atoms. The molecule has 0 spiro atoms. The van der Waals surface area contributed by atoms with E-state index in [-0.39, 0.29) is 11.8 Å². The molecular weight excluding hydrogens is 400 g/mol. The molecule has 1 heterocycles. The summed E-state index contributed by atoms with van der Waals surface area (Å²) >= 11 is 4.78. The molecule has 3 rings (SSSR count). The molecule has 1 aromatic heterocycles. The number of hydrogen-bond donors (Lipinski definition) is 2. The summed E-state index contributed by atoms with van der Waals surface area (Å²) in [5.41, 5.74) is 2.86. The van der Waals surface area contributed by atoms with Crippen molar-refractivity contribution in [3.8, 4) is 0 Å². The Hall–Kier alpha value is -2.44. The SMILES string of the molecule is Cc1cc(Br)ccc1C(=O)Nc1ccc(NC(=O)c2cccs2)cc1. The molecule has 0 fully saturated rings. The lowest BCUT2D eigenvalue weighted by Gasteiger charge is -2.09. The highest BCUT2D eigenvalue weighted by Crippen LogP contribution is 2.19. The van der Waals surface area contributed by atoms with Gasteiger partial charge in [-0.2, -0.15) is 0 Å². The van der Waals surface area contributed by atoms with Gasteiger partial charge in [0.15, 0.2) is 0 Å². The van der Waals surface area contributed by atoms with Gasteiger partial charge in [0.2, 0.25) is 0 Å². The summed E-state index contributed by atoms with van der Waals surface area (Å²) in [6.45, 7) is 1.89. The number of aryl methyl sites for hydroxylation is 1. The van der Waals surface area contributed by atoms with Crippen molar-refractivity contribution in [3.05, 3.63) is 80.5 Å². The third-order valence-electron chi connectivity index (χ3n) is 3.58. The van der Waals surface area contributed by atoms with Crippen molar-refractivity contribution in [2.24, 2.45) is 0 Å². The topological polar surface area (TPSA) is 58.2 Å². The molecule has 0 atom stereocenters. The van der Waals surface area contributed by atoms with Gasteiger partial charge in [-0.1, -0.05) is 22.0 Å². The monoisotopic (exact) mass is 414 g/mol. The molecule has 0 aliphatic carbocycles. The summed E-state index contributed by atoms with van der Waals surface area (Å²) in [7, 11) is 0. The molecule has 25 heavy (non-hydrogen) atoms. The molecule has 3 aromatic rings. The highest BCUT2D eigenvalue weighted by atomic mass is 79.9. The quantitative estimate of drug-likeness (QED) is 0.606. The molecule has 2 N–H and O–H groups in total. The van der Waals surface area contributed by atoms with Gasteiger partial charge < -0.3 is 10.6 Å². The van der Waals surface area contributed by atoms with Gasteiger partial charge in [-0.05, 0) is 66.4 Å². The van der Waals surface area contributed by atoms with Gasteiger partial charge in [0.05, 0.1) is 4.88 Å². The van der Waals surface area contributed by atoms with Crippen LogP contribution in [0.2, 0.25) is 0 Å². The van der Waals surface area contributed by atoms with Gasteiger partial charge in [-0.3, -0.25) is 9.59 Å². The van der Waals surface area contributed by atoms with E-state index in [2.05, 4.69) is 26.6 Å². The van der Waals surface area contributed by atoms with E-state index in [1.54, 1.807) is 36.4 Å². The van der Waals surface area contributed by atoms with Crippen molar-refractivity contribution in [3.63, 3.8) is 0 Å². The summed E-state index contributed by atoms with van der Waals surface area (Å²) in [5.74, 6) is -0.308. The number of anilines is 2. The predicted octanol–water partition coefficient (Wildman–Crippen LogP) is 5.32. The zero-order valence-corrected chi connectivity index (χ0v) is 15.8. The van der Waals surface area contributed by atoms with Crippen LogP contribution in [0.5, 0.6) is 0 Å². The Morgan fingerprint density at radius 3 is 2.12 bits per heavy atom. The summed E-state index contributed by atoms with van der Waals surface area (Å²) in [5, 5.41) is 7.55. The molecule has 0 radical (unpaired) electrons. The Bertz CT molecular complexity index is 906. The molecule has 6 heteroatoms. The Labute approximate surface area is 158 Å². The van der Waals surface area contributed by atoms with Gasteiger partial charge >= 0.3 is 0 Å². The highest BCUT2D eigenvalue weighted by molar-refractivity contribution is 9.10. The second-order valence-electron chi connectivity index (χ2n) is 5.42. The molecule has 4 nitrogen and oxygen atoms in total. The first-order valence-corrected chi connectivity index (χ1v) is 9.22. The second-order valence-corrected chi connectivity index (χ2v) is 7.29. The van der Waals surface area contributed by atoms with Crippen LogP contribution in [0.15, 0.2) is 64.5 Å². The maximum atomic E-state index is 12.4. The lowest BCUT2D eigenvalue weighted by atomic mass is 10.1. The van der Waals surface area contributed by atoms with Crippen molar-refractivity contribution in [2.75, 3.05) is 10.6 Å². The highest BCUT2D eigenvalue weighted by Gasteiger charge is 2.10. The van der Waals surface area contributed by atoms with Gasteiger partial charge in [0.1, 0.15) is 0 Å². The number of thiophene rings is 1. The van der Waals surface area contributed by atoms with E-state index in [9.17, 15) is 9.59 Å². The smallest absolute Gasteiger partial charge is 0.265 e. The number of nitrogens with one attached hydrogen (secondary N) is 2. The third-order valence-corrected chi connectivity index (χ3v) is 4.94. The molecular formula is C19H15BrN2O2S. The van der Waals surface area contributed by atoms with Gasteiger partial charge in [0, 0.05) is 21.4 Å². The number of rotatable bonds is 4. The summed E-state index contributed by atoms with van der Waals surface area (Å²) < 4.78 is 0.937. The minimum atomic E-state index is -0.166. The minimum absolute atomic E-state index is 0.141. The Morgan fingerprint density at radius 2 is 1.56 bits per heavy atom. The number of carbonyl (C=O) groups excluding carboxylic acids is 2. The normalized spacial score (nSPS) is 10.3. The molecule has 0 aliphatic rings. The number of halogens is 1. The van der Waals surface area contributed by atoms with Crippen LogP contribution < -0.4 is 10.6 Å². The van der Waals surface area contributed by atoms with Gasteiger partial charge in [-0.15, -0.1) is 11.3 Å². The Kier molecular flexibility index (Phi) is 5.31. The average molecular weight is 415 g/mol. The van der Waals surface area contributed by atoms with Crippen LogP contribution in [0.1, 0.15) is 25.6 Å². The molecule has 0 aliphatic heterocycles. The fraction of sp³-hybridized carbons (Fsp3) is 0.0526. The predicted molar refractivity (Wildman–Crippen MR) is 106 cm³/mol. The van der Waals surface area contributed by atoms with E-state index >= 15 is 0 Å².